The first-order valence-electron chi connectivity index (χ1n) is 10.4. The lowest BCUT2D eigenvalue weighted by atomic mass is 9.99. The van der Waals surface area contributed by atoms with Crippen LogP contribution in [0, 0.1) is 58.8 Å². The van der Waals surface area contributed by atoms with Crippen molar-refractivity contribution in [3.63, 3.8) is 0 Å². The molecule has 1 aromatic carbocycles. The number of hydrogen-bond acceptors (Lipinski definition) is 4. The number of nitriles is 1. The summed E-state index contributed by atoms with van der Waals surface area (Å²) in [6.07, 6.45) is 2.00. The molecule has 1 fully saturated rings. The molecule has 29 heavy (non-hydrogen) atoms. The Bertz CT molecular complexity index is 1130. The third kappa shape index (κ3) is 3.17. The van der Waals surface area contributed by atoms with E-state index in [1.165, 1.54) is 33.6 Å². The highest BCUT2D eigenvalue weighted by Gasteiger charge is 2.26. The van der Waals surface area contributed by atoms with Gasteiger partial charge in [0.15, 0.2) is 5.65 Å². The van der Waals surface area contributed by atoms with E-state index in [2.05, 4.69) is 62.3 Å². The molecule has 0 radical (unpaired) electrons. The molecule has 5 heteroatoms. The predicted molar refractivity (Wildman–Crippen MR) is 118 cm³/mol. The van der Waals surface area contributed by atoms with Gasteiger partial charge in [-0.2, -0.15) is 5.26 Å². The van der Waals surface area contributed by atoms with Crippen LogP contribution in [0.3, 0.4) is 0 Å². The van der Waals surface area contributed by atoms with Gasteiger partial charge in [0, 0.05) is 18.8 Å². The van der Waals surface area contributed by atoms with Crippen molar-refractivity contribution in [1.82, 2.24) is 14.5 Å². The Hall–Kier alpha value is -2.87. The fraction of sp³-hybridized carbons (Fsp3) is 0.458. The first-order valence-corrected chi connectivity index (χ1v) is 10.4. The van der Waals surface area contributed by atoms with Crippen LogP contribution in [0.15, 0.2) is 12.1 Å². The summed E-state index contributed by atoms with van der Waals surface area (Å²) in [5.41, 5.74) is 8.38. The van der Waals surface area contributed by atoms with Crippen LogP contribution in [0.1, 0.15) is 46.6 Å². The zero-order valence-corrected chi connectivity index (χ0v) is 18.3. The summed E-state index contributed by atoms with van der Waals surface area (Å²) < 4.78 is 2.30. The first kappa shape index (κ1) is 19.4. The van der Waals surface area contributed by atoms with E-state index in [0.29, 0.717) is 0 Å². The molecule has 3 aromatic rings. The van der Waals surface area contributed by atoms with Gasteiger partial charge >= 0.3 is 0 Å². The Balaban J connectivity index is 2.00. The molecule has 4 rings (SSSR count). The largest absolute Gasteiger partial charge is 0.355 e. The summed E-state index contributed by atoms with van der Waals surface area (Å²) >= 11 is 0. The van der Waals surface area contributed by atoms with Crippen molar-refractivity contribution < 1.29 is 0 Å². The van der Waals surface area contributed by atoms with Gasteiger partial charge in [-0.3, -0.25) is 4.57 Å². The fourth-order valence-corrected chi connectivity index (χ4v) is 4.85. The highest BCUT2D eigenvalue weighted by Crippen LogP contribution is 2.36. The van der Waals surface area contributed by atoms with E-state index in [0.717, 1.165) is 48.6 Å². The lowest BCUT2D eigenvalue weighted by molar-refractivity contribution is 0.491. The van der Waals surface area contributed by atoms with Gasteiger partial charge in [0.25, 0.3) is 0 Å². The molecule has 0 amide bonds. The van der Waals surface area contributed by atoms with Gasteiger partial charge in [0.1, 0.15) is 11.6 Å². The van der Waals surface area contributed by atoms with E-state index >= 15 is 0 Å². The third-order valence-corrected chi connectivity index (χ3v) is 6.21. The van der Waals surface area contributed by atoms with Gasteiger partial charge < -0.3 is 4.90 Å². The quantitative estimate of drug-likeness (QED) is 0.620. The average Bonchev–Trinajstić information content (AvgIpc) is 2.91. The van der Waals surface area contributed by atoms with Gasteiger partial charge in [0.2, 0.25) is 0 Å². The Morgan fingerprint density at radius 3 is 2.38 bits per heavy atom. The summed E-state index contributed by atoms with van der Waals surface area (Å²) in [4.78, 5) is 12.0. The number of rotatable bonds is 2. The van der Waals surface area contributed by atoms with Crippen molar-refractivity contribution in [2.75, 3.05) is 18.0 Å². The number of aryl methyl sites for hydroxylation is 5. The van der Waals surface area contributed by atoms with E-state index in [1.807, 2.05) is 6.92 Å². The lowest BCUT2D eigenvalue weighted by Gasteiger charge is -2.31. The molecule has 0 N–H and O–H groups in total. The van der Waals surface area contributed by atoms with E-state index < -0.39 is 0 Å². The summed E-state index contributed by atoms with van der Waals surface area (Å²) in [6.45, 7) is 14.5. The minimum absolute atomic E-state index is 0.0687. The van der Waals surface area contributed by atoms with Gasteiger partial charge in [-0.1, -0.05) is 17.7 Å². The van der Waals surface area contributed by atoms with Crippen molar-refractivity contribution in [2.45, 2.75) is 54.4 Å². The number of nitrogens with zero attached hydrogens (tertiary/aromatic N) is 5. The van der Waals surface area contributed by atoms with Crippen LogP contribution in [-0.2, 0) is 0 Å². The Morgan fingerprint density at radius 2 is 1.72 bits per heavy atom. The van der Waals surface area contributed by atoms with Crippen LogP contribution < -0.4 is 4.90 Å². The zero-order chi connectivity index (χ0) is 20.9. The van der Waals surface area contributed by atoms with Crippen LogP contribution in [-0.4, -0.2) is 27.6 Å². The van der Waals surface area contributed by atoms with Crippen LogP contribution in [0.25, 0.3) is 16.7 Å². The minimum Gasteiger partial charge on any atom is -0.355 e. The van der Waals surface area contributed by atoms with Crippen molar-refractivity contribution in [1.29, 1.82) is 5.26 Å². The molecule has 1 unspecified atom stereocenters. The van der Waals surface area contributed by atoms with Crippen LogP contribution in [0.4, 0.5) is 5.82 Å². The zero-order valence-electron chi connectivity index (χ0n) is 18.3. The summed E-state index contributed by atoms with van der Waals surface area (Å²) in [5.74, 6) is 1.82. The third-order valence-electron chi connectivity index (χ3n) is 6.21. The average molecular weight is 388 g/mol. The Labute approximate surface area is 173 Å². The molecule has 0 bridgehead atoms. The van der Waals surface area contributed by atoms with Gasteiger partial charge in [0.05, 0.1) is 23.1 Å². The van der Waals surface area contributed by atoms with E-state index in [1.54, 1.807) is 0 Å². The normalized spacial score (nSPS) is 17.0. The van der Waals surface area contributed by atoms with E-state index in [-0.39, 0.29) is 5.92 Å². The second kappa shape index (κ2) is 7.18. The number of aromatic nitrogens is 3. The molecule has 1 atom stereocenters. The summed E-state index contributed by atoms with van der Waals surface area (Å²) in [7, 11) is 0. The maximum atomic E-state index is 9.44. The molecule has 0 spiro atoms. The predicted octanol–water partition coefficient (Wildman–Crippen LogP) is 5.01. The summed E-state index contributed by atoms with van der Waals surface area (Å²) in [5, 5.41) is 10.6. The molecule has 0 aliphatic carbocycles. The highest BCUT2D eigenvalue weighted by molar-refractivity contribution is 5.94. The number of anilines is 1. The molecule has 1 aliphatic rings. The molecular formula is C24H29N5. The number of fused-ring (bicyclic) bond motifs is 1. The SMILES string of the molecule is Cc1cc(C)c(-n2c(C)c(C)c3c(N4CCCC(C#N)C4)nc(C)nc32)c(C)c1. The maximum absolute atomic E-state index is 9.44. The van der Waals surface area contributed by atoms with Gasteiger partial charge in [-0.25, -0.2) is 9.97 Å². The van der Waals surface area contributed by atoms with Crippen LogP contribution in [0.2, 0.25) is 0 Å². The molecule has 1 aliphatic heterocycles. The Morgan fingerprint density at radius 1 is 1.03 bits per heavy atom. The first-order chi connectivity index (χ1) is 13.8. The van der Waals surface area contributed by atoms with E-state index in [4.69, 9.17) is 9.97 Å². The summed E-state index contributed by atoms with van der Waals surface area (Å²) in [6, 6.07) is 6.93. The molecule has 150 valence electrons. The van der Waals surface area contributed by atoms with Crippen molar-refractivity contribution in [3.05, 3.63) is 45.9 Å². The standard InChI is InChI=1S/C24H29N5/c1-14-10-15(2)22(16(3)11-14)29-18(5)17(4)21-23(26-19(6)27-24(21)29)28-9-7-8-20(12-25)13-28/h10-11,20H,7-9,13H2,1-6H3. The molecule has 5 nitrogen and oxygen atoms in total. The monoisotopic (exact) mass is 387 g/mol. The smallest absolute Gasteiger partial charge is 0.150 e. The number of hydrogen-bond donors (Lipinski definition) is 0. The fourth-order valence-electron chi connectivity index (χ4n) is 4.85. The van der Waals surface area contributed by atoms with Crippen molar-refractivity contribution >= 4 is 16.9 Å². The number of piperidine rings is 1. The van der Waals surface area contributed by atoms with E-state index in [9.17, 15) is 5.26 Å². The van der Waals surface area contributed by atoms with Crippen LogP contribution in [0.5, 0.6) is 0 Å². The number of benzene rings is 1. The maximum Gasteiger partial charge on any atom is 0.150 e. The van der Waals surface area contributed by atoms with Gasteiger partial charge in [-0.15, -0.1) is 0 Å². The second-order valence-electron chi connectivity index (χ2n) is 8.50. The van der Waals surface area contributed by atoms with Crippen molar-refractivity contribution in [3.8, 4) is 11.8 Å². The Kier molecular flexibility index (Phi) is 4.82. The lowest BCUT2D eigenvalue weighted by Crippen LogP contribution is -2.35. The second-order valence-corrected chi connectivity index (χ2v) is 8.50. The topological polar surface area (TPSA) is 57.7 Å². The van der Waals surface area contributed by atoms with Gasteiger partial charge in [-0.05, 0) is 71.1 Å². The minimum atomic E-state index is 0.0687. The molecule has 1 saturated heterocycles. The molecule has 0 saturated carbocycles. The molecule has 3 heterocycles. The molecular weight excluding hydrogens is 358 g/mol. The van der Waals surface area contributed by atoms with Crippen LogP contribution >= 0.6 is 0 Å². The van der Waals surface area contributed by atoms with Crippen molar-refractivity contribution in [2.24, 2.45) is 5.92 Å². The molecule has 2 aromatic heterocycles. The highest BCUT2D eigenvalue weighted by atomic mass is 15.2.